The standard InChI is InChI=1S/C21H24N2O2/c24-21(23-13-14-25-20-11-5-4-10-19(20)23)18-9-6-12-22(16-18)15-17-7-2-1-3-8-17/h1-5,7-8,10-11,18H,6,9,12-16H2/t18-/m1/s1. The summed E-state index contributed by atoms with van der Waals surface area (Å²) in [7, 11) is 0. The second-order valence-electron chi connectivity index (χ2n) is 6.87. The van der Waals surface area contributed by atoms with Crippen molar-refractivity contribution < 1.29 is 9.53 Å². The zero-order chi connectivity index (χ0) is 17.1. The van der Waals surface area contributed by atoms with Crippen LogP contribution in [0.5, 0.6) is 5.75 Å². The minimum Gasteiger partial charge on any atom is -0.490 e. The molecule has 0 saturated carbocycles. The fourth-order valence-corrected chi connectivity index (χ4v) is 3.86. The number of carbonyl (C=O) groups is 1. The number of nitrogens with zero attached hydrogens (tertiary/aromatic N) is 2. The summed E-state index contributed by atoms with van der Waals surface area (Å²) < 4.78 is 5.69. The van der Waals surface area contributed by atoms with E-state index in [0.29, 0.717) is 13.2 Å². The third-order valence-corrected chi connectivity index (χ3v) is 5.10. The highest BCUT2D eigenvalue weighted by Gasteiger charge is 2.32. The molecule has 0 spiro atoms. The van der Waals surface area contributed by atoms with Crippen LogP contribution in [0.15, 0.2) is 54.6 Å². The summed E-state index contributed by atoms with van der Waals surface area (Å²) in [5, 5.41) is 0. The lowest BCUT2D eigenvalue weighted by Gasteiger charge is -2.36. The molecular formula is C21H24N2O2. The maximum absolute atomic E-state index is 13.2. The number of benzene rings is 2. The summed E-state index contributed by atoms with van der Waals surface area (Å²) in [6.07, 6.45) is 2.05. The number of hydrogen-bond donors (Lipinski definition) is 0. The molecule has 0 aromatic heterocycles. The van der Waals surface area contributed by atoms with Gasteiger partial charge < -0.3 is 9.64 Å². The first-order valence-electron chi connectivity index (χ1n) is 9.11. The van der Waals surface area contributed by atoms with Gasteiger partial charge >= 0.3 is 0 Å². The normalized spacial score (nSPS) is 20.6. The number of rotatable bonds is 3. The van der Waals surface area contributed by atoms with Crippen LogP contribution in [0.1, 0.15) is 18.4 Å². The first-order valence-corrected chi connectivity index (χ1v) is 9.11. The van der Waals surface area contributed by atoms with E-state index in [1.165, 1.54) is 5.56 Å². The van der Waals surface area contributed by atoms with Crippen molar-refractivity contribution >= 4 is 11.6 Å². The molecule has 130 valence electrons. The molecule has 1 amide bonds. The molecule has 1 fully saturated rings. The predicted molar refractivity (Wildman–Crippen MR) is 98.7 cm³/mol. The monoisotopic (exact) mass is 336 g/mol. The summed E-state index contributed by atoms with van der Waals surface area (Å²) in [6.45, 7) is 4.05. The minimum atomic E-state index is 0.0728. The summed E-state index contributed by atoms with van der Waals surface area (Å²) in [5.74, 6) is 1.14. The Labute approximate surface area is 149 Å². The Kier molecular flexibility index (Phi) is 4.70. The van der Waals surface area contributed by atoms with Crippen LogP contribution in [0.25, 0.3) is 0 Å². The molecule has 0 N–H and O–H groups in total. The third kappa shape index (κ3) is 3.54. The van der Waals surface area contributed by atoms with Crippen LogP contribution in [0, 0.1) is 5.92 Å². The maximum atomic E-state index is 13.2. The van der Waals surface area contributed by atoms with E-state index in [4.69, 9.17) is 4.74 Å². The molecule has 2 aromatic carbocycles. The van der Waals surface area contributed by atoms with E-state index in [-0.39, 0.29) is 11.8 Å². The van der Waals surface area contributed by atoms with Gasteiger partial charge in [-0.2, -0.15) is 0 Å². The molecule has 1 saturated heterocycles. The summed E-state index contributed by atoms with van der Waals surface area (Å²) in [4.78, 5) is 17.5. The van der Waals surface area contributed by atoms with Gasteiger partial charge in [0, 0.05) is 13.1 Å². The van der Waals surface area contributed by atoms with Gasteiger partial charge in [-0.25, -0.2) is 0 Å². The molecule has 2 aliphatic rings. The van der Waals surface area contributed by atoms with Crippen molar-refractivity contribution in [2.24, 2.45) is 5.92 Å². The molecule has 0 aliphatic carbocycles. The number of anilines is 1. The Morgan fingerprint density at radius 2 is 1.84 bits per heavy atom. The largest absolute Gasteiger partial charge is 0.490 e. The first-order chi connectivity index (χ1) is 12.3. The molecule has 2 heterocycles. The van der Waals surface area contributed by atoms with E-state index in [9.17, 15) is 4.79 Å². The number of likely N-dealkylation sites (tertiary alicyclic amines) is 1. The van der Waals surface area contributed by atoms with Crippen molar-refractivity contribution in [3.8, 4) is 5.75 Å². The average Bonchev–Trinajstić information content (AvgIpc) is 2.68. The first kappa shape index (κ1) is 16.2. The second kappa shape index (κ2) is 7.28. The van der Waals surface area contributed by atoms with E-state index in [0.717, 1.165) is 43.9 Å². The molecule has 1 atom stereocenters. The SMILES string of the molecule is O=C([C@@H]1CCCN(Cc2ccccc2)C1)N1CCOc2ccccc21. The van der Waals surface area contributed by atoms with E-state index >= 15 is 0 Å². The Balaban J connectivity index is 1.46. The number of para-hydroxylation sites is 2. The maximum Gasteiger partial charge on any atom is 0.231 e. The molecule has 4 heteroatoms. The van der Waals surface area contributed by atoms with Crippen LogP contribution in [0.3, 0.4) is 0 Å². The number of carbonyl (C=O) groups excluding carboxylic acids is 1. The molecule has 0 radical (unpaired) electrons. The van der Waals surface area contributed by atoms with Gasteiger partial charge in [0.15, 0.2) is 0 Å². The number of fused-ring (bicyclic) bond motifs is 1. The van der Waals surface area contributed by atoms with Crippen LogP contribution in [0.2, 0.25) is 0 Å². The Hall–Kier alpha value is -2.33. The quantitative estimate of drug-likeness (QED) is 0.862. The van der Waals surface area contributed by atoms with Gasteiger partial charge in [0.2, 0.25) is 5.91 Å². The smallest absolute Gasteiger partial charge is 0.231 e. The average molecular weight is 336 g/mol. The van der Waals surface area contributed by atoms with Gasteiger partial charge in [0.05, 0.1) is 18.2 Å². The number of hydrogen-bond acceptors (Lipinski definition) is 3. The van der Waals surface area contributed by atoms with E-state index < -0.39 is 0 Å². The topological polar surface area (TPSA) is 32.8 Å². The van der Waals surface area contributed by atoms with Crippen LogP contribution in [-0.2, 0) is 11.3 Å². The van der Waals surface area contributed by atoms with E-state index in [1.54, 1.807) is 0 Å². The van der Waals surface area contributed by atoms with Gasteiger partial charge in [-0.05, 0) is 37.1 Å². The molecule has 4 nitrogen and oxygen atoms in total. The Bertz CT molecular complexity index is 732. The zero-order valence-electron chi connectivity index (χ0n) is 14.4. The highest BCUT2D eigenvalue weighted by atomic mass is 16.5. The molecule has 2 aromatic rings. The number of ether oxygens (including phenoxy) is 1. The number of amides is 1. The van der Waals surface area contributed by atoms with Gasteiger partial charge in [-0.15, -0.1) is 0 Å². The summed E-state index contributed by atoms with van der Waals surface area (Å²) in [5.41, 5.74) is 2.23. The lowest BCUT2D eigenvalue weighted by atomic mass is 9.95. The summed E-state index contributed by atoms with van der Waals surface area (Å²) >= 11 is 0. The van der Waals surface area contributed by atoms with E-state index in [2.05, 4.69) is 29.2 Å². The summed E-state index contributed by atoms with van der Waals surface area (Å²) in [6, 6.07) is 18.4. The van der Waals surface area contributed by atoms with Crippen molar-refractivity contribution in [2.45, 2.75) is 19.4 Å². The van der Waals surface area contributed by atoms with Gasteiger partial charge in [0.1, 0.15) is 12.4 Å². The van der Waals surface area contributed by atoms with Gasteiger partial charge in [-0.1, -0.05) is 42.5 Å². The highest BCUT2D eigenvalue weighted by molar-refractivity contribution is 5.97. The molecule has 0 unspecified atom stereocenters. The highest BCUT2D eigenvalue weighted by Crippen LogP contribution is 2.33. The van der Waals surface area contributed by atoms with Crippen molar-refractivity contribution in [1.29, 1.82) is 0 Å². The van der Waals surface area contributed by atoms with Crippen molar-refractivity contribution in [2.75, 3.05) is 31.1 Å². The van der Waals surface area contributed by atoms with Crippen molar-refractivity contribution in [1.82, 2.24) is 4.90 Å². The lowest BCUT2D eigenvalue weighted by molar-refractivity contribution is -0.124. The zero-order valence-corrected chi connectivity index (χ0v) is 14.4. The Morgan fingerprint density at radius 3 is 2.72 bits per heavy atom. The predicted octanol–water partition coefficient (Wildman–Crippen LogP) is 3.32. The van der Waals surface area contributed by atoms with Gasteiger partial charge in [0.25, 0.3) is 0 Å². The van der Waals surface area contributed by atoms with Crippen LogP contribution in [0.4, 0.5) is 5.69 Å². The molecule has 4 rings (SSSR count). The fourth-order valence-electron chi connectivity index (χ4n) is 3.86. The van der Waals surface area contributed by atoms with Crippen molar-refractivity contribution in [3.63, 3.8) is 0 Å². The van der Waals surface area contributed by atoms with Crippen LogP contribution >= 0.6 is 0 Å². The van der Waals surface area contributed by atoms with Gasteiger partial charge in [-0.3, -0.25) is 9.69 Å². The third-order valence-electron chi connectivity index (χ3n) is 5.10. The van der Waals surface area contributed by atoms with Crippen LogP contribution in [-0.4, -0.2) is 37.0 Å². The molecular weight excluding hydrogens is 312 g/mol. The lowest BCUT2D eigenvalue weighted by Crippen LogP contribution is -2.47. The fraction of sp³-hybridized carbons (Fsp3) is 0.381. The second-order valence-corrected chi connectivity index (χ2v) is 6.87. The Morgan fingerprint density at radius 1 is 1.04 bits per heavy atom. The number of piperidine rings is 1. The molecule has 25 heavy (non-hydrogen) atoms. The molecule has 0 bridgehead atoms. The van der Waals surface area contributed by atoms with Crippen LogP contribution < -0.4 is 9.64 Å². The van der Waals surface area contributed by atoms with E-state index in [1.807, 2.05) is 35.2 Å². The van der Waals surface area contributed by atoms with Crippen molar-refractivity contribution in [3.05, 3.63) is 60.2 Å². The molecule has 2 aliphatic heterocycles. The minimum absolute atomic E-state index is 0.0728.